The number of carboxylic acid groups (broad SMARTS) is 1. The minimum Gasteiger partial charge on any atom is -0.478 e. The first-order chi connectivity index (χ1) is 14.3. The van der Waals surface area contributed by atoms with Gasteiger partial charge in [-0.1, -0.05) is 15.9 Å². The molecule has 0 aromatic heterocycles. The second-order valence-electron chi connectivity index (χ2n) is 6.83. The quantitative estimate of drug-likeness (QED) is 0.610. The SMILES string of the molecule is N#CCCN1CCN(c2ccc(NS(=O)(=O)c3ccc(Br)cc3)c(C(=O)O)c2)CC1. The van der Waals surface area contributed by atoms with Crippen LogP contribution >= 0.6 is 15.9 Å². The number of halogens is 1. The Kier molecular flexibility index (Phi) is 6.97. The first kappa shape index (κ1) is 22.1. The average molecular weight is 493 g/mol. The highest BCUT2D eigenvalue weighted by molar-refractivity contribution is 9.10. The van der Waals surface area contributed by atoms with Crippen LogP contribution in [-0.2, 0) is 10.0 Å². The zero-order valence-electron chi connectivity index (χ0n) is 16.1. The Morgan fingerprint density at radius 2 is 1.80 bits per heavy atom. The Balaban J connectivity index is 1.78. The van der Waals surface area contributed by atoms with Crippen molar-refractivity contribution in [1.29, 1.82) is 5.26 Å². The molecule has 0 unspecified atom stereocenters. The van der Waals surface area contributed by atoms with E-state index in [1.54, 1.807) is 18.2 Å². The van der Waals surface area contributed by atoms with Gasteiger partial charge in [0.15, 0.2) is 0 Å². The number of piperazine rings is 1. The summed E-state index contributed by atoms with van der Waals surface area (Å²) in [6.45, 7) is 3.69. The molecule has 0 aliphatic carbocycles. The number of aromatic carboxylic acids is 1. The third kappa shape index (κ3) is 5.30. The molecule has 2 aromatic rings. The third-order valence-corrected chi connectivity index (χ3v) is 6.79. The van der Waals surface area contributed by atoms with Gasteiger partial charge in [0.2, 0.25) is 0 Å². The molecule has 8 nitrogen and oxygen atoms in total. The van der Waals surface area contributed by atoms with E-state index in [0.717, 1.165) is 29.8 Å². The number of nitriles is 1. The maximum absolute atomic E-state index is 12.6. The summed E-state index contributed by atoms with van der Waals surface area (Å²) in [6.07, 6.45) is 0.483. The van der Waals surface area contributed by atoms with Gasteiger partial charge < -0.3 is 10.0 Å². The van der Waals surface area contributed by atoms with Gasteiger partial charge in [-0.25, -0.2) is 13.2 Å². The average Bonchev–Trinajstić information content (AvgIpc) is 2.73. The lowest BCUT2D eigenvalue weighted by Crippen LogP contribution is -2.46. The molecular weight excluding hydrogens is 472 g/mol. The summed E-state index contributed by atoms with van der Waals surface area (Å²) in [6, 6.07) is 12.9. The minimum absolute atomic E-state index is 0.0156. The van der Waals surface area contributed by atoms with Gasteiger partial charge in [-0.2, -0.15) is 5.26 Å². The van der Waals surface area contributed by atoms with Gasteiger partial charge in [0.25, 0.3) is 10.0 Å². The van der Waals surface area contributed by atoms with Gasteiger partial charge in [0.1, 0.15) is 0 Å². The summed E-state index contributed by atoms with van der Waals surface area (Å²) in [5.74, 6) is -1.21. The fourth-order valence-corrected chi connectivity index (χ4v) is 4.59. The monoisotopic (exact) mass is 492 g/mol. The number of anilines is 2. The highest BCUT2D eigenvalue weighted by Gasteiger charge is 2.22. The van der Waals surface area contributed by atoms with Crippen LogP contribution in [0.2, 0.25) is 0 Å². The van der Waals surface area contributed by atoms with E-state index in [1.165, 1.54) is 24.3 Å². The van der Waals surface area contributed by atoms with Crippen molar-refractivity contribution < 1.29 is 18.3 Å². The second kappa shape index (κ2) is 9.47. The van der Waals surface area contributed by atoms with E-state index in [-0.39, 0.29) is 16.1 Å². The van der Waals surface area contributed by atoms with Crippen LogP contribution in [0, 0.1) is 11.3 Å². The molecule has 0 saturated carbocycles. The number of hydrogen-bond acceptors (Lipinski definition) is 6. The van der Waals surface area contributed by atoms with Crippen molar-refractivity contribution in [2.45, 2.75) is 11.3 Å². The molecule has 2 N–H and O–H groups in total. The largest absolute Gasteiger partial charge is 0.478 e. The number of benzene rings is 2. The number of nitrogens with one attached hydrogen (secondary N) is 1. The molecule has 1 saturated heterocycles. The lowest BCUT2D eigenvalue weighted by molar-refractivity contribution is 0.0698. The predicted molar refractivity (Wildman–Crippen MR) is 117 cm³/mol. The van der Waals surface area contributed by atoms with E-state index in [0.29, 0.717) is 19.5 Å². The third-order valence-electron chi connectivity index (χ3n) is 4.88. The van der Waals surface area contributed by atoms with Gasteiger partial charge in [0, 0.05) is 49.3 Å². The van der Waals surface area contributed by atoms with E-state index in [4.69, 9.17) is 5.26 Å². The summed E-state index contributed by atoms with van der Waals surface area (Å²) in [7, 11) is -3.92. The van der Waals surface area contributed by atoms with Crippen LogP contribution < -0.4 is 9.62 Å². The number of carboxylic acids is 1. The molecule has 1 heterocycles. The molecule has 0 amide bonds. The molecule has 2 aromatic carbocycles. The van der Waals surface area contributed by atoms with Crippen LogP contribution in [0.1, 0.15) is 16.8 Å². The fourth-order valence-electron chi connectivity index (χ4n) is 3.25. The molecule has 3 rings (SSSR count). The maximum atomic E-state index is 12.6. The van der Waals surface area contributed by atoms with Crippen molar-refractivity contribution in [3.05, 3.63) is 52.5 Å². The summed E-state index contributed by atoms with van der Waals surface area (Å²) in [5.41, 5.74) is 0.626. The van der Waals surface area contributed by atoms with Crippen LogP contribution in [0.3, 0.4) is 0 Å². The van der Waals surface area contributed by atoms with Crippen LogP contribution in [0.4, 0.5) is 11.4 Å². The van der Waals surface area contributed by atoms with Crippen molar-refractivity contribution >= 4 is 43.3 Å². The summed E-state index contributed by atoms with van der Waals surface area (Å²) >= 11 is 3.26. The smallest absolute Gasteiger partial charge is 0.337 e. The van der Waals surface area contributed by atoms with Crippen molar-refractivity contribution in [3.8, 4) is 6.07 Å². The molecule has 1 aliphatic rings. The van der Waals surface area contributed by atoms with E-state index >= 15 is 0 Å². The Morgan fingerprint density at radius 3 is 2.40 bits per heavy atom. The van der Waals surface area contributed by atoms with Gasteiger partial charge in [-0.05, 0) is 42.5 Å². The molecule has 0 atom stereocenters. The number of sulfonamides is 1. The summed E-state index contributed by atoms with van der Waals surface area (Å²) in [4.78, 5) is 16.1. The van der Waals surface area contributed by atoms with Crippen LogP contribution in [0.15, 0.2) is 51.8 Å². The fraction of sp³-hybridized carbons (Fsp3) is 0.300. The normalized spacial score (nSPS) is 14.9. The molecule has 1 aliphatic heterocycles. The van der Waals surface area contributed by atoms with E-state index < -0.39 is 16.0 Å². The minimum atomic E-state index is -3.92. The molecule has 1 fully saturated rings. The van der Waals surface area contributed by atoms with Gasteiger partial charge in [-0.3, -0.25) is 9.62 Å². The number of rotatable bonds is 7. The summed E-state index contributed by atoms with van der Waals surface area (Å²) < 4.78 is 28.4. The van der Waals surface area contributed by atoms with E-state index in [9.17, 15) is 18.3 Å². The molecule has 158 valence electrons. The lowest BCUT2D eigenvalue weighted by atomic mass is 10.1. The Morgan fingerprint density at radius 1 is 1.13 bits per heavy atom. The van der Waals surface area contributed by atoms with Crippen LogP contribution in [0.25, 0.3) is 0 Å². The van der Waals surface area contributed by atoms with Gasteiger partial charge in [-0.15, -0.1) is 0 Å². The summed E-state index contributed by atoms with van der Waals surface area (Å²) in [5, 5.41) is 18.3. The van der Waals surface area contributed by atoms with Crippen molar-refractivity contribution in [1.82, 2.24) is 4.90 Å². The van der Waals surface area contributed by atoms with Crippen LogP contribution in [0.5, 0.6) is 0 Å². The molecule has 10 heteroatoms. The predicted octanol–water partition coefficient (Wildman–Crippen LogP) is 2.98. The number of hydrogen-bond donors (Lipinski definition) is 2. The highest BCUT2D eigenvalue weighted by atomic mass is 79.9. The van der Waals surface area contributed by atoms with Gasteiger partial charge in [0.05, 0.1) is 22.2 Å². The molecular formula is C20H21BrN4O4S. The van der Waals surface area contributed by atoms with Crippen molar-refractivity contribution in [2.75, 3.05) is 42.3 Å². The standard InChI is InChI=1S/C20H21BrN4O4S/c21-15-2-5-17(6-3-15)30(28,29)23-19-7-4-16(14-18(19)20(26)27)25-12-10-24(11-13-25)9-1-8-22/h2-7,14,23H,1,9-13H2,(H,26,27). The van der Waals surface area contributed by atoms with E-state index in [2.05, 4.69) is 36.5 Å². The zero-order chi connectivity index (χ0) is 21.7. The number of nitrogens with zero attached hydrogens (tertiary/aromatic N) is 3. The van der Waals surface area contributed by atoms with Crippen molar-refractivity contribution in [3.63, 3.8) is 0 Å². The lowest BCUT2D eigenvalue weighted by Gasteiger charge is -2.36. The Hall–Kier alpha value is -2.61. The molecule has 0 radical (unpaired) electrons. The Labute approximate surface area is 183 Å². The second-order valence-corrected chi connectivity index (χ2v) is 9.43. The van der Waals surface area contributed by atoms with Crippen LogP contribution in [-0.4, -0.2) is 57.1 Å². The molecule has 0 bridgehead atoms. The zero-order valence-corrected chi connectivity index (χ0v) is 18.5. The topological polar surface area (TPSA) is 114 Å². The maximum Gasteiger partial charge on any atom is 0.337 e. The number of carbonyl (C=O) groups is 1. The first-order valence-corrected chi connectivity index (χ1v) is 11.6. The molecule has 0 spiro atoms. The highest BCUT2D eigenvalue weighted by Crippen LogP contribution is 2.27. The van der Waals surface area contributed by atoms with E-state index in [1.807, 2.05) is 0 Å². The van der Waals surface area contributed by atoms with Crippen molar-refractivity contribution in [2.24, 2.45) is 0 Å². The Bertz CT molecular complexity index is 1060. The van der Waals surface area contributed by atoms with Gasteiger partial charge >= 0.3 is 5.97 Å². The molecule has 30 heavy (non-hydrogen) atoms. The first-order valence-electron chi connectivity index (χ1n) is 9.30.